The Hall–Kier alpha value is -2.56. The van der Waals surface area contributed by atoms with Crippen molar-refractivity contribution in [2.45, 2.75) is 24.7 Å². The lowest BCUT2D eigenvalue weighted by Crippen LogP contribution is -2.40. The van der Waals surface area contributed by atoms with E-state index in [2.05, 4.69) is 25.0 Å². The lowest BCUT2D eigenvalue weighted by molar-refractivity contribution is -0.141. The Morgan fingerprint density at radius 2 is 2.25 bits per heavy atom. The predicted molar refractivity (Wildman–Crippen MR) is 74.0 cm³/mol. The number of aromatic nitrogens is 3. The van der Waals surface area contributed by atoms with Gasteiger partial charge in [0.1, 0.15) is 18.2 Å². The van der Waals surface area contributed by atoms with Gasteiger partial charge < -0.3 is 19.0 Å². The summed E-state index contributed by atoms with van der Waals surface area (Å²) in [5.74, 6) is 0.647. The fraction of sp³-hybridized carbons (Fsp3) is 0.462. The number of nitrogens with zero attached hydrogens (tertiary/aromatic N) is 3. The van der Waals surface area contributed by atoms with Gasteiger partial charge in [-0.3, -0.25) is 5.32 Å². The molecule has 2 aromatic rings. The molecular weight excluding hydrogens is 331 g/mol. The monoisotopic (exact) mass is 345 g/mol. The van der Waals surface area contributed by atoms with E-state index < -0.39 is 30.0 Å². The molecule has 1 aliphatic heterocycles. The third kappa shape index (κ3) is 3.35. The molecule has 2 N–H and O–H groups in total. The number of carbonyl (C=O) groups excluding carboxylic acids is 1. The number of hydrogen-bond acceptors (Lipinski definition) is 5. The molecule has 1 aliphatic rings. The van der Waals surface area contributed by atoms with Gasteiger partial charge in [0.25, 0.3) is 0 Å². The zero-order valence-electron chi connectivity index (χ0n) is 12.5. The van der Waals surface area contributed by atoms with Gasteiger partial charge in [0.15, 0.2) is 5.69 Å². The molecule has 0 radical (unpaired) electrons. The van der Waals surface area contributed by atoms with Gasteiger partial charge >= 0.3 is 18.2 Å². The van der Waals surface area contributed by atoms with E-state index in [9.17, 15) is 18.0 Å². The number of urea groups is 1. The van der Waals surface area contributed by atoms with Crippen molar-refractivity contribution in [1.82, 2.24) is 19.9 Å². The van der Waals surface area contributed by atoms with E-state index in [0.717, 1.165) is 0 Å². The van der Waals surface area contributed by atoms with Crippen LogP contribution in [0.25, 0.3) is 0 Å². The average molecular weight is 345 g/mol. The predicted octanol–water partition coefficient (Wildman–Crippen LogP) is 2.08. The maximum atomic E-state index is 12.4. The number of imidazole rings is 1. The van der Waals surface area contributed by atoms with Crippen molar-refractivity contribution in [2.75, 3.05) is 11.9 Å². The highest BCUT2D eigenvalue weighted by Crippen LogP contribution is 2.30. The van der Waals surface area contributed by atoms with Gasteiger partial charge in [-0.1, -0.05) is 0 Å². The van der Waals surface area contributed by atoms with E-state index in [4.69, 9.17) is 4.74 Å². The maximum absolute atomic E-state index is 12.4. The first-order chi connectivity index (χ1) is 11.3. The third-order valence-corrected chi connectivity index (χ3v) is 3.54. The average Bonchev–Trinajstić information content (AvgIpc) is 3.19. The minimum absolute atomic E-state index is 0.372. The summed E-state index contributed by atoms with van der Waals surface area (Å²) in [5.41, 5.74) is -1.21. The molecule has 3 heterocycles. The van der Waals surface area contributed by atoms with Gasteiger partial charge in [-0.2, -0.15) is 18.2 Å². The molecule has 0 spiro atoms. The summed E-state index contributed by atoms with van der Waals surface area (Å²) in [6.45, 7) is 0.430. The molecule has 24 heavy (non-hydrogen) atoms. The highest BCUT2D eigenvalue weighted by Gasteiger charge is 2.36. The topological polar surface area (TPSA) is 94.2 Å². The van der Waals surface area contributed by atoms with Crippen LogP contribution in [0.1, 0.15) is 24.0 Å². The van der Waals surface area contributed by atoms with Gasteiger partial charge in [-0.15, -0.1) is 0 Å². The molecular formula is C13H14F3N5O3. The van der Waals surface area contributed by atoms with Gasteiger partial charge in [0.05, 0.1) is 6.04 Å². The number of anilines is 1. The number of oxazole rings is 1. The smallest absolute Gasteiger partial charge is 0.431 e. The molecule has 0 bridgehead atoms. The van der Waals surface area contributed by atoms with Crippen LogP contribution in [-0.2, 0) is 18.0 Å². The lowest BCUT2D eigenvalue weighted by atomic mass is 10.1. The van der Waals surface area contributed by atoms with Crippen molar-refractivity contribution in [1.29, 1.82) is 0 Å². The number of amides is 2. The zero-order chi connectivity index (χ0) is 17.3. The van der Waals surface area contributed by atoms with Crippen LogP contribution in [0.4, 0.5) is 24.0 Å². The van der Waals surface area contributed by atoms with E-state index in [1.165, 1.54) is 0 Å². The normalized spacial score (nSPS) is 21.0. The minimum Gasteiger partial charge on any atom is -0.431 e. The quantitative estimate of drug-likeness (QED) is 0.888. The number of rotatable bonds is 3. The van der Waals surface area contributed by atoms with E-state index >= 15 is 0 Å². The van der Waals surface area contributed by atoms with Crippen LogP contribution in [0, 0.1) is 0 Å². The van der Waals surface area contributed by atoms with Crippen LogP contribution in [0.5, 0.6) is 0 Å². The van der Waals surface area contributed by atoms with E-state index in [-0.39, 0.29) is 6.04 Å². The Morgan fingerprint density at radius 1 is 1.46 bits per heavy atom. The summed E-state index contributed by atoms with van der Waals surface area (Å²) in [7, 11) is 1.80. The van der Waals surface area contributed by atoms with Gasteiger partial charge in [-0.05, 0) is 6.42 Å². The summed E-state index contributed by atoms with van der Waals surface area (Å²) in [5, 5.41) is 4.76. The van der Waals surface area contributed by atoms with Crippen LogP contribution < -0.4 is 10.6 Å². The highest BCUT2D eigenvalue weighted by molar-refractivity contribution is 5.87. The molecule has 0 saturated carbocycles. The molecule has 130 valence electrons. The number of nitrogens with one attached hydrogen (secondary N) is 2. The first-order valence-electron chi connectivity index (χ1n) is 7.03. The van der Waals surface area contributed by atoms with Crippen LogP contribution in [0.2, 0.25) is 0 Å². The molecule has 3 rings (SSSR count). The third-order valence-electron chi connectivity index (χ3n) is 3.54. The largest absolute Gasteiger partial charge is 0.436 e. The fourth-order valence-corrected chi connectivity index (χ4v) is 2.41. The molecule has 11 heteroatoms. The molecule has 2 aromatic heterocycles. The van der Waals surface area contributed by atoms with Crippen molar-refractivity contribution in [2.24, 2.45) is 7.05 Å². The SMILES string of the molecule is Cn1ccnc1[C@H]1OCC[C@@H]1NC(=O)Nc1nc(C(F)(F)F)co1. The standard InChI is InChI=1S/C13H14F3N5O3/c1-21-4-3-17-10(21)9-7(2-5-23-9)18-11(22)20-12-19-8(6-24-12)13(14,15)16/h3-4,6-7,9H,2,5H2,1H3,(H2,18,19,20,22)/t7-,9-/m0/s1. The van der Waals surface area contributed by atoms with E-state index in [1.807, 2.05) is 0 Å². The summed E-state index contributed by atoms with van der Waals surface area (Å²) in [6, 6.07) is -1.64. The summed E-state index contributed by atoms with van der Waals surface area (Å²) in [4.78, 5) is 19.3. The molecule has 0 aromatic carbocycles. The zero-order valence-corrected chi connectivity index (χ0v) is 12.5. The second kappa shape index (κ2) is 6.15. The Morgan fingerprint density at radius 3 is 2.88 bits per heavy atom. The van der Waals surface area contributed by atoms with Crippen LogP contribution in [0.15, 0.2) is 23.1 Å². The van der Waals surface area contributed by atoms with Crippen LogP contribution in [0.3, 0.4) is 0 Å². The molecule has 1 saturated heterocycles. The van der Waals surface area contributed by atoms with Crippen molar-refractivity contribution in [3.05, 3.63) is 30.2 Å². The summed E-state index contributed by atoms with van der Waals surface area (Å²) >= 11 is 0. The highest BCUT2D eigenvalue weighted by atomic mass is 19.4. The van der Waals surface area contributed by atoms with Crippen LogP contribution in [-0.4, -0.2) is 33.2 Å². The van der Waals surface area contributed by atoms with Crippen molar-refractivity contribution in [3.8, 4) is 0 Å². The van der Waals surface area contributed by atoms with Crippen molar-refractivity contribution >= 4 is 12.0 Å². The Kier molecular flexibility index (Phi) is 4.18. The Bertz CT molecular complexity index is 727. The van der Waals surface area contributed by atoms with Gasteiger partial charge in [0.2, 0.25) is 0 Å². The maximum Gasteiger partial charge on any atom is 0.436 e. The molecule has 0 aliphatic carbocycles. The number of alkyl halides is 3. The summed E-state index contributed by atoms with van der Waals surface area (Å²) in [6.07, 6.45) is -0.734. The van der Waals surface area contributed by atoms with Crippen molar-refractivity contribution < 1.29 is 27.1 Å². The van der Waals surface area contributed by atoms with E-state index in [0.29, 0.717) is 25.1 Å². The van der Waals surface area contributed by atoms with Crippen molar-refractivity contribution in [3.63, 3.8) is 0 Å². The fourth-order valence-electron chi connectivity index (χ4n) is 2.41. The molecule has 2 amide bonds. The first kappa shape index (κ1) is 16.3. The second-order valence-corrected chi connectivity index (χ2v) is 5.22. The number of aryl methyl sites for hydroxylation is 1. The number of hydrogen-bond donors (Lipinski definition) is 2. The second-order valence-electron chi connectivity index (χ2n) is 5.22. The van der Waals surface area contributed by atoms with E-state index in [1.54, 1.807) is 24.0 Å². The first-order valence-corrected chi connectivity index (χ1v) is 7.03. The molecule has 0 unspecified atom stereocenters. The number of carbonyl (C=O) groups is 1. The van der Waals surface area contributed by atoms with Crippen LogP contribution >= 0.6 is 0 Å². The Balaban J connectivity index is 1.62. The molecule has 1 fully saturated rings. The summed E-state index contributed by atoms with van der Waals surface area (Å²) < 4.78 is 49.2. The molecule has 8 nitrogen and oxygen atoms in total. The Labute approximate surface area is 134 Å². The number of halogens is 3. The van der Waals surface area contributed by atoms with Gasteiger partial charge in [0, 0.05) is 26.0 Å². The van der Waals surface area contributed by atoms with Gasteiger partial charge in [-0.25, -0.2) is 9.78 Å². The molecule has 2 atom stereocenters. The minimum atomic E-state index is -4.64. The lowest BCUT2D eigenvalue weighted by Gasteiger charge is -2.19. The number of ether oxygens (including phenoxy) is 1.